The third-order valence-corrected chi connectivity index (χ3v) is 1.24. The summed E-state index contributed by atoms with van der Waals surface area (Å²) in [4.78, 5) is 0. The standard InChI is InChI=1S/C5H16N4O/c6-8-4-2-1-3-5(10)9-7/h5,8-10H,1-4,6-7H2. The minimum atomic E-state index is -0.585. The Labute approximate surface area is 60.7 Å². The summed E-state index contributed by atoms with van der Waals surface area (Å²) in [7, 11) is 0. The molecule has 10 heavy (non-hydrogen) atoms. The Balaban J connectivity index is 2.89. The van der Waals surface area contributed by atoms with Gasteiger partial charge >= 0.3 is 0 Å². The van der Waals surface area contributed by atoms with Crippen molar-refractivity contribution in [2.45, 2.75) is 25.5 Å². The summed E-state index contributed by atoms with van der Waals surface area (Å²) in [5.41, 5.74) is 4.77. The summed E-state index contributed by atoms with van der Waals surface area (Å²) in [6.07, 6.45) is 1.95. The molecular weight excluding hydrogens is 132 g/mol. The van der Waals surface area contributed by atoms with E-state index in [4.69, 9.17) is 16.8 Å². The molecule has 0 aliphatic rings. The van der Waals surface area contributed by atoms with Gasteiger partial charge in [-0.2, -0.15) is 0 Å². The SMILES string of the molecule is NNCCCCC(O)NN. The Bertz CT molecular complexity index is 70.7. The maximum atomic E-state index is 8.87. The molecule has 1 unspecified atom stereocenters. The molecule has 0 radical (unpaired) electrons. The zero-order valence-electron chi connectivity index (χ0n) is 6.01. The lowest BCUT2D eigenvalue weighted by molar-refractivity contribution is 0.125. The van der Waals surface area contributed by atoms with Gasteiger partial charge in [0.2, 0.25) is 0 Å². The predicted octanol–water partition coefficient (Wildman–Crippen LogP) is -1.60. The van der Waals surface area contributed by atoms with Crippen LogP contribution in [0, 0.1) is 0 Å². The molecule has 0 amide bonds. The van der Waals surface area contributed by atoms with Gasteiger partial charge in [0.1, 0.15) is 6.23 Å². The lowest BCUT2D eigenvalue weighted by Gasteiger charge is -2.07. The van der Waals surface area contributed by atoms with E-state index in [9.17, 15) is 0 Å². The van der Waals surface area contributed by atoms with E-state index in [1.165, 1.54) is 0 Å². The number of rotatable bonds is 6. The third-order valence-electron chi connectivity index (χ3n) is 1.24. The molecule has 7 N–H and O–H groups in total. The second-order valence-electron chi connectivity index (χ2n) is 2.13. The number of aliphatic hydroxyl groups excluding tert-OH is 1. The van der Waals surface area contributed by atoms with Gasteiger partial charge in [0.25, 0.3) is 0 Å². The summed E-state index contributed by atoms with van der Waals surface area (Å²) in [5, 5.41) is 8.87. The van der Waals surface area contributed by atoms with E-state index in [2.05, 4.69) is 10.9 Å². The minimum absolute atomic E-state index is 0.585. The Morgan fingerprint density at radius 2 is 2.00 bits per heavy atom. The monoisotopic (exact) mass is 148 g/mol. The maximum Gasteiger partial charge on any atom is 0.116 e. The highest BCUT2D eigenvalue weighted by Gasteiger charge is 1.97. The molecule has 0 aliphatic carbocycles. The normalized spacial score (nSPS) is 13.5. The molecule has 0 spiro atoms. The fraction of sp³-hybridized carbons (Fsp3) is 1.00. The topological polar surface area (TPSA) is 96.3 Å². The molecule has 0 saturated carbocycles. The molecule has 0 aliphatic heterocycles. The molecule has 1 atom stereocenters. The summed E-state index contributed by atoms with van der Waals surface area (Å²) >= 11 is 0. The number of hydrogen-bond donors (Lipinski definition) is 5. The van der Waals surface area contributed by atoms with Crippen LogP contribution in [0.5, 0.6) is 0 Å². The van der Waals surface area contributed by atoms with Gasteiger partial charge in [0, 0.05) is 6.54 Å². The van der Waals surface area contributed by atoms with Crippen molar-refractivity contribution in [3.8, 4) is 0 Å². The summed E-state index contributed by atoms with van der Waals surface area (Å²) in [6, 6.07) is 0. The van der Waals surface area contributed by atoms with Crippen LogP contribution in [0.1, 0.15) is 19.3 Å². The second-order valence-corrected chi connectivity index (χ2v) is 2.13. The van der Waals surface area contributed by atoms with Crippen LogP contribution in [0.15, 0.2) is 0 Å². The van der Waals surface area contributed by atoms with E-state index in [0.29, 0.717) is 6.42 Å². The van der Waals surface area contributed by atoms with Crippen LogP contribution < -0.4 is 22.5 Å². The van der Waals surface area contributed by atoms with Crippen LogP contribution in [0.25, 0.3) is 0 Å². The predicted molar refractivity (Wildman–Crippen MR) is 39.4 cm³/mol. The molecule has 0 heterocycles. The average Bonchev–Trinajstić information content (AvgIpc) is 1.98. The highest BCUT2D eigenvalue weighted by atomic mass is 16.3. The second kappa shape index (κ2) is 6.91. The third kappa shape index (κ3) is 5.93. The lowest BCUT2D eigenvalue weighted by Crippen LogP contribution is -2.34. The Hall–Kier alpha value is -0.200. The molecule has 5 heteroatoms. The van der Waals surface area contributed by atoms with E-state index in [-0.39, 0.29) is 0 Å². The summed E-state index contributed by atoms with van der Waals surface area (Å²) in [5.74, 6) is 9.97. The molecule has 0 aromatic rings. The number of hydrazine groups is 2. The van der Waals surface area contributed by atoms with Gasteiger partial charge < -0.3 is 5.11 Å². The Morgan fingerprint density at radius 3 is 2.50 bits per heavy atom. The fourth-order valence-electron chi connectivity index (χ4n) is 0.648. The molecule has 0 aromatic carbocycles. The molecule has 62 valence electrons. The van der Waals surface area contributed by atoms with Gasteiger partial charge in [-0.05, 0) is 19.3 Å². The van der Waals surface area contributed by atoms with Crippen molar-refractivity contribution in [3.05, 3.63) is 0 Å². The quantitative estimate of drug-likeness (QED) is 0.135. The van der Waals surface area contributed by atoms with E-state index in [1.807, 2.05) is 0 Å². The lowest BCUT2D eigenvalue weighted by atomic mass is 10.2. The first-order valence-electron chi connectivity index (χ1n) is 3.39. The van der Waals surface area contributed by atoms with Crippen molar-refractivity contribution in [1.82, 2.24) is 10.9 Å². The van der Waals surface area contributed by atoms with Crippen molar-refractivity contribution >= 4 is 0 Å². The van der Waals surface area contributed by atoms with Gasteiger partial charge in [-0.25, -0.2) is 5.43 Å². The van der Waals surface area contributed by atoms with Crippen LogP contribution in [-0.4, -0.2) is 17.9 Å². The van der Waals surface area contributed by atoms with Gasteiger partial charge in [-0.15, -0.1) is 0 Å². The smallest absolute Gasteiger partial charge is 0.116 e. The van der Waals surface area contributed by atoms with Crippen LogP contribution in [0.2, 0.25) is 0 Å². The first-order chi connectivity index (χ1) is 4.81. The number of nitrogens with one attached hydrogen (secondary N) is 2. The van der Waals surface area contributed by atoms with Crippen LogP contribution >= 0.6 is 0 Å². The van der Waals surface area contributed by atoms with Crippen LogP contribution in [0.3, 0.4) is 0 Å². The van der Waals surface area contributed by atoms with Gasteiger partial charge in [-0.3, -0.25) is 17.1 Å². The highest BCUT2D eigenvalue weighted by molar-refractivity contribution is 4.49. The van der Waals surface area contributed by atoms with Crippen molar-refractivity contribution in [1.29, 1.82) is 0 Å². The zero-order valence-corrected chi connectivity index (χ0v) is 6.01. The molecule has 0 bridgehead atoms. The Morgan fingerprint density at radius 1 is 1.30 bits per heavy atom. The largest absolute Gasteiger partial charge is 0.377 e. The number of unbranched alkanes of at least 4 members (excludes halogenated alkanes) is 1. The fourth-order valence-corrected chi connectivity index (χ4v) is 0.648. The number of hydrogen-bond acceptors (Lipinski definition) is 5. The molecular formula is C5H16N4O. The van der Waals surface area contributed by atoms with Crippen molar-refractivity contribution in [2.75, 3.05) is 6.54 Å². The number of aliphatic hydroxyl groups is 1. The van der Waals surface area contributed by atoms with E-state index in [0.717, 1.165) is 19.4 Å². The zero-order chi connectivity index (χ0) is 7.82. The van der Waals surface area contributed by atoms with Crippen molar-refractivity contribution < 1.29 is 5.11 Å². The first-order valence-corrected chi connectivity index (χ1v) is 3.39. The highest BCUT2D eigenvalue weighted by Crippen LogP contribution is 1.95. The summed E-state index contributed by atoms with van der Waals surface area (Å²) in [6.45, 7) is 0.775. The molecule has 0 fully saturated rings. The van der Waals surface area contributed by atoms with Crippen LogP contribution in [0.4, 0.5) is 0 Å². The minimum Gasteiger partial charge on any atom is -0.377 e. The average molecular weight is 148 g/mol. The molecule has 5 nitrogen and oxygen atoms in total. The van der Waals surface area contributed by atoms with E-state index < -0.39 is 6.23 Å². The van der Waals surface area contributed by atoms with Gasteiger partial charge in [0.05, 0.1) is 0 Å². The molecule has 0 aromatic heterocycles. The number of nitrogens with two attached hydrogens (primary N) is 2. The van der Waals surface area contributed by atoms with E-state index >= 15 is 0 Å². The van der Waals surface area contributed by atoms with Crippen molar-refractivity contribution in [2.24, 2.45) is 11.7 Å². The van der Waals surface area contributed by atoms with Gasteiger partial charge in [0.15, 0.2) is 0 Å². The maximum absolute atomic E-state index is 8.87. The first kappa shape index (κ1) is 9.80. The molecule has 0 saturated heterocycles. The van der Waals surface area contributed by atoms with Crippen molar-refractivity contribution in [3.63, 3.8) is 0 Å². The summed E-state index contributed by atoms with van der Waals surface area (Å²) < 4.78 is 0. The molecule has 0 rings (SSSR count). The van der Waals surface area contributed by atoms with Gasteiger partial charge in [-0.1, -0.05) is 0 Å². The Kier molecular flexibility index (Phi) is 6.78. The van der Waals surface area contributed by atoms with Crippen LogP contribution in [-0.2, 0) is 0 Å². The van der Waals surface area contributed by atoms with E-state index in [1.54, 1.807) is 0 Å².